The average molecular weight is 510 g/mol. The normalized spacial score (nSPS) is 10.9. The van der Waals surface area contributed by atoms with E-state index < -0.39 is 0 Å². The summed E-state index contributed by atoms with van der Waals surface area (Å²) >= 11 is 0. The van der Waals surface area contributed by atoms with Crippen LogP contribution in [0.3, 0.4) is 0 Å². The van der Waals surface area contributed by atoms with Crippen LogP contribution in [0.5, 0.6) is 11.5 Å². The number of aryl methyl sites for hydroxylation is 2. The maximum absolute atomic E-state index is 12.2. The third-order valence-corrected chi connectivity index (χ3v) is 5.84. The van der Waals surface area contributed by atoms with Crippen LogP contribution >= 0.6 is 0 Å². The Kier molecular flexibility index (Phi) is 7.23. The summed E-state index contributed by atoms with van der Waals surface area (Å²) in [4.78, 5) is 25.3. The van der Waals surface area contributed by atoms with Crippen LogP contribution in [0.2, 0.25) is 0 Å². The number of methoxy groups -OCH3 is 1. The van der Waals surface area contributed by atoms with Crippen LogP contribution < -0.4 is 15.4 Å². The second-order valence-electron chi connectivity index (χ2n) is 8.67. The standard InChI is InChI=1S/C28H27N7O3/c1-18-14-21(7-11-25(18)38-23-10-4-19(2)30-15-23)33-27-26-24(31-17-32-27)16-35(34-26)22-8-5-20(6-9-22)28(36)29-12-13-37-3/h4-11,14-17H,12-13H2,1-3H3,(H,29,36)(H,31,32,33). The summed E-state index contributed by atoms with van der Waals surface area (Å²) in [5.74, 6) is 1.86. The third kappa shape index (κ3) is 5.60. The molecule has 3 heterocycles. The van der Waals surface area contributed by atoms with Gasteiger partial charge in [-0.1, -0.05) is 0 Å². The summed E-state index contributed by atoms with van der Waals surface area (Å²) in [6, 6.07) is 16.8. The number of carbonyl (C=O) groups excluding carboxylic acids is 1. The number of aromatic nitrogens is 5. The lowest BCUT2D eigenvalue weighted by atomic mass is 10.2. The van der Waals surface area contributed by atoms with Gasteiger partial charge in [-0.05, 0) is 74.0 Å². The molecule has 0 atom stereocenters. The number of amides is 1. The molecule has 0 unspecified atom stereocenters. The SMILES string of the molecule is COCCNC(=O)c1ccc(-n2cc3ncnc(Nc4ccc(Oc5ccc(C)nc5)c(C)c4)c3n2)cc1. The zero-order valence-corrected chi connectivity index (χ0v) is 21.3. The molecule has 1 amide bonds. The van der Waals surface area contributed by atoms with Gasteiger partial charge in [0.1, 0.15) is 23.3 Å². The summed E-state index contributed by atoms with van der Waals surface area (Å²) < 4.78 is 12.7. The van der Waals surface area contributed by atoms with Crippen molar-refractivity contribution in [2.45, 2.75) is 13.8 Å². The Labute approximate surface area is 219 Å². The highest BCUT2D eigenvalue weighted by atomic mass is 16.5. The first-order valence-corrected chi connectivity index (χ1v) is 12.1. The molecule has 0 aliphatic rings. The summed E-state index contributed by atoms with van der Waals surface area (Å²) in [5.41, 5.74) is 5.40. The van der Waals surface area contributed by atoms with Crippen molar-refractivity contribution in [3.63, 3.8) is 0 Å². The number of hydrogen-bond donors (Lipinski definition) is 2. The maximum atomic E-state index is 12.2. The minimum absolute atomic E-state index is 0.154. The van der Waals surface area contributed by atoms with Gasteiger partial charge < -0.3 is 20.1 Å². The fourth-order valence-corrected chi connectivity index (χ4v) is 3.82. The molecule has 0 bridgehead atoms. The zero-order valence-electron chi connectivity index (χ0n) is 21.3. The summed E-state index contributed by atoms with van der Waals surface area (Å²) in [7, 11) is 1.60. The van der Waals surface area contributed by atoms with Crippen molar-refractivity contribution in [1.82, 2.24) is 30.0 Å². The van der Waals surface area contributed by atoms with Gasteiger partial charge in [-0.25, -0.2) is 14.6 Å². The molecule has 0 saturated heterocycles. The van der Waals surface area contributed by atoms with Gasteiger partial charge in [-0.3, -0.25) is 9.78 Å². The molecular formula is C28H27N7O3. The number of hydrogen-bond acceptors (Lipinski definition) is 8. The molecule has 5 aromatic rings. The highest BCUT2D eigenvalue weighted by Crippen LogP contribution is 2.29. The van der Waals surface area contributed by atoms with E-state index in [-0.39, 0.29) is 5.91 Å². The van der Waals surface area contributed by atoms with E-state index in [1.165, 1.54) is 6.33 Å². The Morgan fingerprint density at radius 1 is 1.00 bits per heavy atom. The Morgan fingerprint density at radius 3 is 2.58 bits per heavy atom. The monoisotopic (exact) mass is 509 g/mol. The van der Waals surface area contributed by atoms with Crippen LogP contribution in [-0.2, 0) is 4.74 Å². The van der Waals surface area contributed by atoms with Crippen LogP contribution in [0.15, 0.2) is 73.3 Å². The molecule has 10 nitrogen and oxygen atoms in total. The minimum Gasteiger partial charge on any atom is -0.455 e. The van der Waals surface area contributed by atoms with Crippen LogP contribution in [-0.4, -0.2) is 50.9 Å². The highest BCUT2D eigenvalue weighted by molar-refractivity contribution is 5.94. The first-order chi connectivity index (χ1) is 18.5. The summed E-state index contributed by atoms with van der Waals surface area (Å²) in [6.45, 7) is 4.83. The molecule has 192 valence electrons. The lowest BCUT2D eigenvalue weighted by Crippen LogP contribution is -2.26. The zero-order chi connectivity index (χ0) is 26.5. The van der Waals surface area contributed by atoms with Gasteiger partial charge in [0.05, 0.1) is 24.7 Å². The molecule has 0 spiro atoms. The lowest BCUT2D eigenvalue weighted by molar-refractivity contribution is 0.0937. The molecule has 0 aliphatic carbocycles. The van der Waals surface area contributed by atoms with E-state index >= 15 is 0 Å². The van der Waals surface area contributed by atoms with E-state index in [0.717, 1.165) is 28.4 Å². The van der Waals surface area contributed by atoms with Gasteiger partial charge in [0.2, 0.25) is 0 Å². The minimum atomic E-state index is -0.154. The van der Waals surface area contributed by atoms with E-state index in [9.17, 15) is 4.79 Å². The van der Waals surface area contributed by atoms with E-state index in [1.54, 1.807) is 30.1 Å². The van der Waals surface area contributed by atoms with Gasteiger partial charge in [0.15, 0.2) is 11.3 Å². The number of anilines is 2. The molecule has 3 aromatic heterocycles. The molecule has 38 heavy (non-hydrogen) atoms. The molecule has 2 aromatic carbocycles. The molecule has 10 heteroatoms. The van der Waals surface area contributed by atoms with Gasteiger partial charge >= 0.3 is 0 Å². The van der Waals surface area contributed by atoms with Crippen molar-refractivity contribution < 1.29 is 14.3 Å². The van der Waals surface area contributed by atoms with E-state index in [0.29, 0.717) is 41.3 Å². The Bertz CT molecular complexity index is 1560. The van der Waals surface area contributed by atoms with Crippen molar-refractivity contribution in [3.8, 4) is 17.2 Å². The second kappa shape index (κ2) is 11.1. The molecule has 0 aliphatic heterocycles. The van der Waals surface area contributed by atoms with Crippen LogP contribution in [0.4, 0.5) is 11.5 Å². The number of pyridine rings is 1. The first kappa shape index (κ1) is 24.8. The Balaban J connectivity index is 1.33. The number of fused-ring (bicyclic) bond motifs is 1. The summed E-state index contributed by atoms with van der Waals surface area (Å²) in [6.07, 6.45) is 5.03. The Morgan fingerprint density at radius 2 is 1.84 bits per heavy atom. The number of ether oxygens (including phenoxy) is 2. The average Bonchev–Trinajstić information content (AvgIpc) is 3.37. The topological polar surface area (TPSA) is 116 Å². The molecule has 2 N–H and O–H groups in total. The van der Waals surface area contributed by atoms with E-state index in [4.69, 9.17) is 14.6 Å². The molecule has 0 radical (unpaired) electrons. The van der Waals surface area contributed by atoms with Gasteiger partial charge in [-0.2, -0.15) is 5.10 Å². The van der Waals surface area contributed by atoms with Crippen LogP contribution in [0.1, 0.15) is 21.6 Å². The quantitative estimate of drug-likeness (QED) is 0.274. The Hall–Kier alpha value is -4.83. The summed E-state index contributed by atoms with van der Waals surface area (Å²) in [5, 5.41) is 10.8. The predicted octanol–water partition coefficient (Wildman–Crippen LogP) is 4.74. The highest BCUT2D eigenvalue weighted by Gasteiger charge is 2.12. The van der Waals surface area contributed by atoms with E-state index in [1.807, 2.05) is 62.5 Å². The largest absolute Gasteiger partial charge is 0.455 e. The first-order valence-electron chi connectivity index (χ1n) is 12.1. The molecule has 0 saturated carbocycles. The number of benzene rings is 2. The third-order valence-electron chi connectivity index (χ3n) is 5.84. The number of nitrogens with zero attached hydrogens (tertiary/aromatic N) is 5. The van der Waals surface area contributed by atoms with Crippen LogP contribution in [0.25, 0.3) is 16.7 Å². The number of carbonyl (C=O) groups is 1. The smallest absolute Gasteiger partial charge is 0.251 e. The second-order valence-corrected chi connectivity index (χ2v) is 8.67. The maximum Gasteiger partial charge on any atom is 0.251 e. The molecule has 0 fully saturated rings. The van der Waals surface area contributed by atoms with Crippen molar-refractivity contribution >= 4 is 28.4 Å². The fourth-order valence-electron chi connectivity index (χ4n) is 3.82. The van der Waals surface area contributed by atoms with Gasteiger partial charge in [0, 0.05) is 30.6 Å². The van der Waals surface area contributed by atoms with Crippen molar-refractivity contribution in [1.29, 1.82) is 0 Å². The van der Waals surface area contributed by atoms with Crippen molar-refractivity contribution in [3.05, 3.63) is 90.1 Å². The number of rotatable bonds is 9. The van der Waals surface area contributed by atoms with Gasteiger partial charge in [-0.15, -0.1) is 0 Å². The van der Waals surface area contributed by atoms with Gasteiger partial charge in [0.25, 0.3) is 5.91 Å². The predicted molar refractivity (Wildman–Crippen MR) is 144 cm³/mol. The van der Waals surface area contributed by atoms with Crippen LogP contribution in [0, 0.1) is 13.8 Å². The van der Waals surface area contributed by atoms with Crippen molar-refractivity contribution in [2.24, 2.45) is 0 Å². The number of nitrogens with one attached hydrogen (secondary N) is 2. The van der Waals surface area contributed by atoms with E-state index in [2.05, 4.69) is 25.6 Å². The lowest BCUT2D eigenvalue weighted by Gasteiger charge is -2.11. The van der Waals surface area contributed by atoms with Crippen molar-refractivity contribution in [2.75, 3.05) is 25.6 Å². The molecular weight excluding hydrogens is 482 g/mol. The molecule has 5 rings (SSSR count). The fraction of sp³-hybridized carbons (Fsp3) is 0.179.